The minimum Gasteiger partial charge on any atom is -0.497 e. The van der Waals surface area contributed by atoms with Crippen LogP contribution in [0.25, 0.3) is 0 Å². The largest absolute Gasteiger partial charge is 0.497 e. The number of aliphatic hydroxyl groups excluding tert-OH is 1. The van der Waals surface area contributed by atoms with Crippen molar-refractivity contribution in [3.63, 3.8) is 0 Å². The number of esters is 1. The molecule has 0 radical (unpaired) electrons. The molecule has 2 N–H and O–H groups in total. The number of methoxy groups -OCH3 is 1. The van der Waals surface area contributed by atoms with E-state index in [1.54, 1.807) is 14.0 Å². The Morgan fingerprint density at radius 2 is 1.91 bits per heavy atom. The first-order valence-corrected chi connectivity index (χ1v) is 7.61. The molecule has 0 aliphatic rings. The summed E-state index contributed by atoms with van der Waals surface area (Å²) in [5.41, 5.74) is 3.77. The number of benzene rings is 1. The van der Waals surface area contributed by atoms with E-state index in [0.29, 0.717) is 18.7 Å². The monoisotopic (exact) mass is 317 g/mol. The number of carbonyl (C=O) groups excluding carboxylic acids is 1. The van der Waals surface area contributed by atoms with Gasteiger partial charge in [0.15, 0.2) is 0 Å². The minimum atomic E-state index is -0.618. The predicted octanol–water partition coefficient (Wildman–Crippen LogP) is 3.09. The Morgan fingerprint density at radius 3 is 2.43 bits per heavy atom. The zero-order valence-electron chi connectivity index (χ0n) is 14.0. The second-order valence-corrected chi connectivity index (χ2v) is 5.57. The molecule has 1 aromatic heterocycles. The highest BCUT2D eigenvalue weighted by Crippen LogP contribution is 2.24. The lowest BCUT2D eigenvalue weighted by Crippen LogP contribution is -2.10. The van der Waals surface area contributed by atoms with Gasteiger partial charge in [0, 0.05) is 17.7 Å². The van der Waals surface area contributed by atoms with Crippen LogP contribution in [0.15, 0.2) is 24.3 Å². The Morgan fingerprint density at radius 1 is 1.26 bits per heavy atom. The second-order valence-electron chi connectivity index (χ2n) is 5.57. The highest BCUT2D eigenvalue weighted by atomic mass is 16.5. The summed E-state index contributed by atoms with van der Waals surface area (Å²) >= 11 is 0. The Labute approximate surface area is 136 Å². The number of aryl methyl sites for hydroxylation is 1. The van der Waals surface area contributed by atoms with Crippen molar-refractivity contribution in [3.05, 3.63) is 52.3 Å². The van der Waals surface area contributed by atoms with Crippen LogP contribution in [0.5, 0.6) is 5.75 Å². The van der Waals surface area contributed by atoms with Crippen LogP contribution in [-0.2, 0) is 11.2 Å². The van der Waals surface area contributed by atoms with Gasteiger partial charge >= 0.3 is 5.97 Å². The average molecular weight is 317 g/mol. The molecule has 0 fully saturated rings. The third kappa shape index (κ3) is 3.93. The maximum atomic E-state index is 12.2. The number of aromatic nitrogens is 1. The maximum Gasteiger partial charge on any atom is 0.355 e. The Hall–Kier alpha value is -2.27. The summed E-state index contributed by atoms with van der Waals surface area (Å²) in [4.78, 5) is 15.2. The van der Waals surface area contributed by atoms with Gasteiger partial charge in [-0.15, -0.1) is 0 Å². The molecule has 0 aliphatic heterocycles. The SMILES string of the molecule is COc1ccc(CCOC(=O)c2[nH]c(C)c([C@@H](C)O)c2C)cc1. The maximum absolute atomic E-state index is 12.2. The fourth-order valence-corrected chi connectivity index (χ4v) is 2.72. The summed E-state index contributed by atoms with van der Waals surface area (Å²) in [6.07, 6.45) is 0.0182. The summed E-state index contributed by atoms with van der Waals surface area (Å²) in [6.45, 7) is 5.63. The number of ether oxygens (including phenoxy) is 2. The van der Waals surface area contributed by atoms with Gasteiger partial charge in [-0.2, -0.15) is 0 Å². The van der Waals surface area contributed by atoms with Gasteiger partial charge < -0.3 is 19.6 Å². The fraction of sp³-hybridized carbons (Fsp3) is 0.389. The molecule has 5 heteroatoms. The Balaban J connectivity index is 1.96. The van der Waals surface area contributed by atoms with Crippen LogP contribution in [0.2, 0.25) is 0 Å². The zero-order valence-corrected chi connectivity index (χ0v) is 14.0. The molecule has 5 nitrogen and oxygen atoms in total. The van der Waals surface area contributed by atoms with Gasteiger partial charge in [0.05, 0.1) is 19.8 Å². The molecule has 0 saturated heterocycles. The fourth-order valence-electron chi connectivity index (χ4n) is 2.72. The number of hydrogen-bond donors (Lipinski definition) is 2. The van der Waals surface area contributed by atoms with Gasteiger partial charge in [0.1, 0.15) is 11.4 Å². The first-order chi connectivity index (χ1) is 10.9. The highest BCUT2D eigenvalue weighted by molar-refractivity contribution is 5.89. The lowest BCUT2D eigenvalue weighted by Gasteiger charge is -2.07. The molecule has 0 spiro atoms. The summed E-state index contributed by atoms with van der Waals surface area (Å²) in [6, 6.07) is 7.65. The zero-order chi connectivity index (χ0) is 17.0. The molecule has 1 heterocycles. The third-order valence-corrected chi connectivity index (χ3v) is 3.90. The van der Waals surface area contributed by atoms with Crippen molar-refractivity contribution < 1.29 is 19.4 Å². The summed E-state index contributed by atoms with van der Waals surface area (Å²) in [7, 11) is 1.62. The molecular weight excluding hydrogens is 294 g/mol. The molecule has 23 heavy (non-hydrogen) atoms. The normalized spacial score (nSPS) is 12.0. The van der Waals surface area contributed by atoms with E-state index in [9.17, 15) is 9.90 Å². The average Bonchev–Trinajstić information content (AvgIpc) is 2.82. The van der Waals surface area contributed by atoms with Crippen molar-refractivity contribution in [1.82, 2.24) is 4.98 Å². The smallest absolute Gasteiger partial charge is 0.355 e. The molecule has 0 unspecified atom stereocenters. The molecule has 1 aromatic carbocycles. The molecule has 2 aromatic rings. The van der Waals surface area contributed by atoms with Gasteiger partial charge in [-0.05, 0) is 44.0 Å². The van der Waals surface area contributed by atoms with Crippen LogP contribution in [0.3, 0.4) is 0 Å². The van der Waals surface area contributed by atoms with Crippen LogP contribution >= 0.6 is 0 Å². The molecule has 1 atom stereocenters. The van der Waals surface area contributed by atoms with Crippen LogP contribution < -0.4 is 4.74 Å². The second kappa shape index (κ2) is 7.33. The van der Waals surface area contributed by atoms with Gasteiger partial charge in [0.25, 0.3) is 0 Å². The number of hydrogen-bond acceptors (Lipinski definition) is 4. The Kier molecular flexibility index (Phi) is 5.45. The number of aliphatic hydroxyl groups is 1. The Bertz CT molecular complexity index is 671. The van der Waals surface area contributed by atoms with Gasteiger partial charge in [-0.25, -0.2) is 4.79 Å². The lowest BCUT2D eigenvalue weighted by molar-refractivity contribution is 0.0502. The van der Waals surface area contributed by atoms with Gasteiger partial charge in [0.2, 0.25) is 0 Å². The lowest BCUT2D eigenvalue weighted by atomic mass is 10.1. The van der Waals surface area contributed by atoms with E-state index in [0.717, 1.165) is 28.1 Å². The van der Waals surface area contributed by atoms with Crippen molar-refractivity contribution >= 4 is 5.97 Å². The summed E-state index contributed by atoms with van der Waals surface area (Å²) < 4.78 is 10.4. The van der Waals surface area contributed by atoms with E-state index >= 15 is 0 Å². The van der Waals surface area contributed by atoms with Gasteiger partial charge in [-0.3, -0.25) is 0 Å². The van der Waals surface area contributed by atoms with Crippen LogP contribution in [-0.4, -0.2) is 29.8 Å². The van der Waals surface area contributed by atoms with E-state index in [-0.39, 0.29) is 0 Å². The van der Waals surface area contributed by atoms with Crippen LogP contribution in [0.4, 0.5) is 0 Å². The molecule has 0 saturated carbocycles. The predicted molar refractivity (Wildman–Crippen MR) is 87.9 cm³/mol. The van der Waals surface area contributed by atoms with E-state index in [1.165, 1.54) is 0 Å². The van der Waals surface area contributed by atoms with E-state index in [1.807, 2.05) is 38.1 Å². The molecule has 0 aliphatic carbocycles. The van der Waals surface area contributed by atoms with Crippen molar-refractivity contribution in [1.29, 1.82) is 0 Å². The number of aromatic amines is 1. The van der Waals surface area contributed by atoms with Crippen molar-refractivity contribution in [2.45, 2.75) is 33.3 Å². The first kappa shape index (κ1) is 17.1. The van der Waals surface area contributed by atoms with Gasteiger partial charge in [-0.1, -0.05) is 12.1 Å². The van der Waals surface area contributed by atoms with Crippen molar-refractivity contribution in [2.24, 2.45) is 0 Å². The van der Waals surface area contributed by atoms with Crippen molar-refractivity contribution in [3.8, 4) is 5.75 Å². The standard InChI is InChI=1S/C18H23NO4/c1-11-16(13(3)20)12(2)19-17(11)18(21)23-10-9-14-5-7-15(22-4)8-6-14/h5-8,13,19-20H,9-10H2,1-4H3/t13-/m1/s1. The quantitative estimate of drug-likeness (QED) is 0.803. The number of H-pyrrole nitrogens is 1. The topological polar surface area (TPSA) is 71.5 Å². The van der Waals surface area contributed by atoms with E-state index < -0.39 is 12.1 Å². The summed E-state index contributed by atoms with van der Waals surface area (Å²) in [5, 5.41) is 9.77. The third-order valence-electron chi connectivity index (χ3n) is 3.90. The van der Waals surface area contributed by atoms with Crippen molar-refractivity contribution in [2.75, 3.05) is 13.7 Å². The van der Waals surface area contributed by atoms with Crippen LogP contribution in [0, 0.1) is 13.8 Å². The number of nitrogens with one attached hydrogen (secondary N) is 1. The molecular formula is C18H23NO4. The number of carbonyl (C=O) groups is 1. The minimum absolute atomic E-state index is 0.298. The summed E-state index contributed by atoms with van der Waals surface area (Å²) in [5.74, 6) is 0.403. The highest BCUT2D eigenvalue weighted by Gasteiger charge is 2.20. The molecule has 124 valence electrons. The van der Waals surface area contributed by atoms with Crippen LogP contribution in [0.1, 0.15) is 45.9 Å². The molecule has 0 bridgehead atoms. The van der Waals surface area contributed by atoms with E-state index in [2.05, 4.69) is 4.98 Å². The van der Waals surface area contributed by atoms with E-state index in [4.69, 9.17) is 9.47 Å². The molecule has 2 rings (SSSR count). The first-order valence-electron chi connectivity index (χ1n) is 7.61. The molecule has 0 amide bonds. The number of rotatable bonds is 6.